The number of carbonyl (C=O) groups is 1. The largest absolute Gasteiger partial charge is 0.332 e. The summed E-state index contributed by atoms with van der Waals surface area (Å²) in [4.78, 5) is 16.3. The molecular weight excluding hydrogens is 330 g/mol. The summed E-state index contributed by atoms with van der Waals surface area (Å²) in [5.74, 6) is -0.0170. The molecule has 2 N–H and O–H groups in total. The Kier molecular flexibility index (Phi) is 5.14. The number of hydrogen-bond acceptors (Lipinski definition) is 4. The highest BCUT2D eigenvalue weighted by Crippen LogP contribution is 2.27. The third-order valence-electron chi connectivity index (χ3n) is 3.78. The lowest BCUT2D eigenvalue weighted by Gasteiger charge is -2.08. The Bertz CT molecular complexity index is 851. The molecule has 0 saturated carbocycles. The van der Waals surface area contributed by atoms with Crippen molar-refractivity contribution in [3.05, 3.63) is 59.5 Å². The van der Waals surface area contributed by atoms with Crippen molar-refractivity contribution in [1.82, 2.24) is 4.98 Å². The van der Waals surface area contributed by atoms with Crippen molar-refractivity contribution in [1.29, 1.82) is 0 Å². The third-order valence-corrected chi connectivity index (χ3v) is 4.54. The van der Waals surface area contributed by atoms with Gasteiger partial charge in [-0.25, -0.2) is 4.98 Å². The average Bonchev–Trinajstić information content (AvgIpc) is 3.05. The van der Waals surface area contributed by atoms with Gasteiger partial charge in [-0.15, -0.1) is 11.3 Å². The van der Waals surface area contributed by atoms with E-state index in [-0.39, 0.29) is 11.8 Å². The summed E-state index contributed by atoms with van der Waals surface area (Å²) < 4.78 is 0. The predicted molar refractivity (Wildman–Crippen MR) is 105 cm³/mol. The molecule has 0 spiro atoms. The monoisotopic (exact) mass is 351 g/mol. The first-order chi connectivity index (χ1) is 12.0. The van der Waals surface area contributed by atoms with E-state index in [2.05, 4.69) is 46.8 Å². The average molecular weight is 351 g/mol. The molecule has 0 atom stereocenters. The van der Waals surface area contributed by atoms with E-state index >= 15 is 0 Å². The maximum Gasteiger partial charge on any atom is 0.226 e. The molecule has 128 valence electrons. The number of benzene rings is 2. The van der Waals surface area contributed by atoms with Gasteiger partial charge in [0.2, 0.25) is 5.91 Å². The van der Waals surface area contributed by atoms with E-state index in [1.165, 1.54) is 5.56 Å². The maximum absolute atomic E-state index is 11.7. The molecule has 0 fully saturated rings. The van der Waals surface area contributed by atoms with Crippen LogP contribution in [0, 0.1) is 12.8 Å². The molecule has 0 saturated heterocycles. The van der Waals surface area contributed by atoms with Crippen LogP contribution < -0.4 is 10.6 Å². The molecule has 0 radical (unpaired) electrons. The lowest BCUT2D eigenvalue weighted by Crippen LogP contribution is -2.17. The molecule has 3 rings (SSSR count). The zero-order valence-electron chi connectivity index (χ0n) is 14.5. The first-order valence-corrected chi connectivity index (χ1v) is 9.10. The number of thiazole rings is 1. The van der Waals surface area contributed by atoms with E-state index < -0.39 is 0 Å². The van der Waals surface area contributed by atoms with Crippen molar-refractivity contribution in [3.8, 4) is 11.3 Å². The number of carbonyl (C=O) groups excluding carboxylic acids is 1. The highest BCUT2D eigenvalue weighted by atomic mass is 32.1. The molecule has 0 aliphatic heterocycles. The summed E-state index contributed by atoms with van der Waals surface area (Å²) >= 11 is 1.57. The predicted octanol–water partition coefficient (Wildman–Crippen LogP) is 5.46. The van der Waals surface area contributed by atoms with Crippen LogP contribution in [-0.2, 0) is 4.79 Å². The summed E-state index contributed by atoms with van der Waals surface area (Å²) in [5.41, 5.74) is 5.05. The van der Waals surface area contributed by atoms with Gasteiger partial charge in [0.1, 0.15) is 0 Å². The third kappa shape index (κ3) is 4.45. The van der Waals surface area contributed by atoms with Gasteiger partial charge in [0.15, 0.2) is 5.13 Å². The van der Waals surface area contributed by atoms with Gasteiger partial charge in [0.25, 0.3) is 0 Å². The van der Waals surface area contributed by atoms with E-state index in [1.54, 1.807) is 11.3 Å². The van der Waals surface area contributed by atoms with Crippen molar-refractivity contribution in [2.75, 3.05) is 10.6 Å². The smallest absolute Gasteiger partial charge is 0.226 e. The van der Waals surface area contributed by atoms with Crippen LogP contribution in [0.1, 0.15) is 19.4 Å². The quantitative estimate of drug-likeness (QED) is 0.642. The molecule has 1 heterocycles. The zero-order chi connectivity index (χ0) is 17.8. The van der Waals surface area contributed by atoms with Crippen LogP contribution in [0.5, 0.6) is 0 Å². The van der Waals surface area contributed by atoms with Crippen molar-refractivity contribution in [2.45, 2.75) is 20.8 Å². The second-order valence-electron chi connectivity index (χ2n) is 6.25. The van der Waals surface area contributed by atoms with E-state index in [0.717, 1.165) is 27.8 Å². The van der Waals surface area contributed by atoms with E-state index in [9.17, 15) is 4.79 Å². The molecule has 2 aromatic carbocycles. The van der Waals surface area contributed by atoms with Crippen LogP contribution in [0.2, 0.25) is 0 Å². The molecule has 0 aliphatic rings. The Balaban J connectivity index is 1.67. The molecule has 4 nitrogen and oxygen atoms in total. The Morgan fingerprint density at radius 3 is 2.28 bits per heavy atom. The second kappa shape index (κ2) is 7.49. The van der Waals surface area contributed by atoms with E-state index in [1.807, 2.05) is 43.5 Å². The number of aryl methyl sites for hydroxylation is 1. The fourth-order valence-corrected chi connectivity index (χ4v) is 2.97. The Labute approximate surface area is 151 Å². The van der Waals surface area contributed by atoms with Crippen LogP contribution in [0.3, 0.4) is 0 Å². The summed E-state index contributed by atoms with van der Waals surface area (Å²) in [6.45, 7) is 5.82. The highest BCUT2D eigenvalue weighted by Gasteiger charge is 2.08. The highest BCUT2D eigenvalue weighted by molar-refractivity contribution is 7.14. The van der Waals surface area contributed by atoms with Crippen molar-refractivity contribution in [2.24, 2.45) is 5.92 Å². The molecule has 0 bridgehead atoms. The van der Waals surface area contributed by atoms with Gasteiger partial charge in [0, 0.05) is 28.2 Å². The number of anilines is 3. The Hall–Kier alpha value is -2.66. The van der Waals surface area contributed by atoms with Gasteiger partial charge < -0.3 is 10.6 Å². The maximum atomic E-state index is 11.7. The van der Waals surface area contributed by atoms with Crippen LogP contribution in [0.25, 0.3) is 11.3 Å². The van der Waals surface area contributed by atoms with Crippen LogP contribution in [-0.4, -0.2) is 10.9 Å². The molecule has 3 aromatic rings. The molecule has 1 aromatic heterocycles. The summed E-state index contributed by atoms with van der Waals surface area (Å²) in [5, 5.41) is 9.07. The standard InChI is InChI=1S/C20H21N3OS/c1-13(2)19(24)21-16-8-10-17(11-9-16)22-20-23-18(12-25-20)15-6-4-14(3)5-7-15/h4-13H,1-3H3,(H,21,24)(H,22,23). The van der Waals surface area contributed by atoms with Crippen LogP contribution in [0.15, 0.2) is 53.9 Å². The SMILES string of the molecule is Cc1ccc(-c2csc(Nc3ccc(NC(=O)C(C)C)cc3)n2)cc1. The Morgan fingerprint density at radius 2 is 1.64 bits per heavy atom. The van der Waals surface area contributed by atoms with Crippen molar-refractivity contribution in [3.63, 3.8) is 0 Å². The van der Waals surface area contributed by atoms with Crippen molar-refractivity contribution < 1.29 is 4.79 Å². The lowest BCUT2D eigenvalue weighted by molar-refractivity contribution is -0.118. The second-order valence-corrected chi connectivity index (χ2v) is 7.11. The number of amides is 1. The molecule has 0 aliphatic carbocycles. The minimum absolute atomic E-state index is 0.0170. The number of aromatic nitrogens is 1. The normalized spacial score (nSPS) is 10.7. The number of nitrogens with zero attached hydrogens (tertiary/aromatic N) is 1. The first-order valence-electron chi connectivity index (χ1n) is 8.22. The molecular formula is C20H21N3OS. The lowest BCUT2D eigenvalue weighted by atomic mass is 10.1. The van der Waals surface area contributed by atoms with Crippen molar-refractivity contribution >= 4 is 33.8 Å². The van der Waals surface area contributed by atoms with E-state index in [0.29, 0.717) is 0 Å². The summed E-state index contributed by atoms with van der Waals surface area (Å²) in [6.07, 6.45) is 0. The minimum Gasteiger partial charge on any atom is -0.332 e. The number of rotatable bonds is 5. The molecule has 25 heavy (non-hydrogen) atoms. The van der Waals surface area contributed by atoms with Gasteiger partial charge in [-0.05, 0) is 31.2 Å². The van der Waals surface area contributed by atoms with Gasteiger partial charge in [0.05, 0.1) is 5.69 Å². The van der Waals surface area contributed by atoms with Gasteiger partial charge in [-0.3, -0.25) is 4.79 Å². The van der Waals surface area contributed by atoms with Gasteiger partial charge >= 0.3 is 0 Å². The molecule has 5 heteroatoms. The molecule has 0 unspecified atom stereocenters. The minimum atomic E-state index is -0.0340. The van der Waals surface area contributed by atoms with Crippen LogP contribution >= 0.6 is 11.3 Å². The van der Waals surface area contributed by atoms with Gasteiger partial charge in [-0.1, -0.05) is 43.7 Å². The van der Waals surface area contributed by atoms with E-state index in [4.69, 9.17) is 0 Å². The molecule has 1 amide bonds. The summed E-state index contributed by atoms with van der Waals surface area (Å²) in [6, 6.07) is 16.0. The Morgan fingerprint density at radius 1 is 1.00 bits per heavy atom. The first kappa shape index (κ1) is 17.2. The number of nitrogens with one attached hydrogen (secondary N) is 2. The zero-order valence-corrected chi connectivity index (χ0v) is 15.4. The fourth-order valence-electron chi connectivity index (χ4n) is 2.24. The summed E-state index contributed by atoms with van der Waals surface area (Å²) in [7, 11) is 0. The topological polar surface area (TPSA) is 54.0 Å². The van der Waals surface area contributed by atoms with Crippen LogP contribution in [0.4, 0.5) is 16.5 Å². The number of hydrogen-bond donors (Lipinski definition) is 2. The van der Waals surface area contributed by atoms with Gasteiger partial charge in [-0.2, -0.15) is 0 Å². The fraction of sp³-hybridized carbons (Fsp3) is 0.200.